The minimum absolute atomic E-state index is 0.0346. The molecule has 6 aliphatic carbocycles. The number of carbonyl (C=O) groups excluding carboxylic acids is 3. The number of allylic oxidation sites excluding steroid dienone is 6. The highest BCUT2D eigenvalue weighted by Gasteiger charge is 2.55. The lowest BCUT2D eigenvalue weighted by atomic mass is 9.54. The number of hydrogen-bond donors (Lipinski definition) is 3. The van der Waals surface area contributed by atoms with Crippen LogP contribution in [-0.4, -0.2) is 47.9 Å². The standard InChI is InChI=1S/3C22H26N2O/c3*1-14(2)22(16-8-6-5-7-9-16)17-13-23-24-18(17)10-15-11-21(3,4)12-19(25)20(15)22/h3*5-9,13-14H,10-12H2,1-4H3,(H,23,24)/t2*22-;/m10./s1. The number of Topliss-reactive ketones (excluding diaryl/α,β-unsaturated/α-hetero) is 3. The van der Waals surface area contributed by atoms with Crippen molar-refractivity contribution in [3.05, 3.63) is 193 Å². The van der Waals surface area contributed by atoms with Gasteiger partial charge in [0.25, 0.3) is 0 Å². The van der Waals surface area contributed by atoms with Crippen LogP contribution in [-0.2, 0) is 49.9 Å². The smallest absolute Gasteiger partial charge is 0.160 e. The summed E-state index contributed by atoms with van der Waals surface area (Å²) in [6.07, 6.45) is 13.1. The van der Waals surface area contributed by atoms with Gasteiger partial charge in [-0.15, -0.1) is 0 Å². The summed E-state index contributed by atoms with van der Waals surface area (Å²) in [6.45, 7) is 26.6. The van der Waals surface area contributed by atoms with E-state index in [0.717, 1.165) is 55.2 Å². The van der Waals surface area contributed by atoms with Gasteiger partial charge < -0.3 is 0 Å². The van der Waals surface area contributed by atoms with E-state index in [1.54, 1.807) is 0 Å². The number of carbonyl (C=O) groups is 3. The Labute approximate surface area is 445 Å². The second-order valence-corrected chi connectivity index (χ2v) is 26.1. The molecule has 9 heteroatoms. The van der Waals surface area contributed by atoms with Crippen LogP contribution >= 0.6 is 0 Å². The molecular weight excluding hydrogens is 925 g/mol. The monoisotopic (exact) mass is 1000 g/mol. The molecule has 1 unspecified atom stereocenters. The van der Waals surface area contributed by atoms with Crippen LogP contribution in [0.25, 0.3) is 0 Å². The Hall–Kier alpha value is -6.48. The molecule has 6 aromatic rings. The van der Waals surface area contributed by atoms with Crippen LogP contribution in [0.2, 0.25) is 0 Å². The van der Waals surface area contributed by atoms with Crippen molar-refractivity contribution in [3.8, 4) is 0 Å². The molecule has 0 radical (unpaired) electrons. The molecular formula is C66H78N6O3. The van der Waals surface area contributed by atoms with Gasteiger partial charge in [0, 0.05) is 89.0 Å². The van der Waals surface area contributed by atoms with Crippen molar-refractivity contribution in [1.29, 1.82) is 0 Å². The van der Waals surface area contributed by atoms with Crippen molar-refractivity contribution in [1.82, 2.24) is 30.6 Å². The normalized spacial score (nSPS) is 25.1. The lowest BCUT2D eigenvalue weighted by Crippen LogP contribution is -2.45. The van der Waals surface area contributed by atoms with Crippen LogP contribution in [0, 0.1) is 34.0 Å². The molecule has 0 fully saturated rings. The fourth-order valence-corrected chi connectivity index (χ4v) is 15.5. The zero-order chi connectivity index (χ0) is 53.5. The van der Waals surface area contributed by atoms with Crippen LogP contribution < -0.4 is 0 Å². The average Bonchev–Trinajstić information content (AvgIpc) is 4.18. The fraction of sp³-hybridized carbons (Fsp3) is 0.455. The van der Waals surface area contributed by atoms with Crippen LogP contribution in [0.3, 0.4) is 0 Å². The Morgan fingerprint density at radius 2 is 0.613 bits per heavy atom. The van der Waals surface area contributed by atoms with Gasteiger partial charge in [-0.2, -0.15) is 15.3 Å². The van der Waals surface area contributed by atoms with E-state index in [0.29, 0.717) is 36.6 Å². The lowest BCUT2D eigenvalue weighted by molar-refractivity contribution is -0.119. The number of aromatic amines is 3. The van der Waals surface area contributed by atoms with Gasteiger partial charge >= 0.3 is 0 Å². The molecule has 3 N–H and O–H groups in total. The summed E-state index contributed by atoms with van der Waals surface area (Å²) < 4.78 is 0. The molecule has 9 nitrogen and oxygen atoms in total. The number of nitrogens with zero attached hydrogens (tertiary/aromatic N) is 3. The second kappa shape index (κ2) is 19.0. The van der Waals surface area contributed by atoms with Gasteiger partial charge in [-0.25, -0.2) is 0 Å². The number of ketones is 3. The minimum Gasteiger partial charge on any atom is -0.294 e. The van der Waals surface area contributed by atoms with Crippen LogP contribution in [0.5, 0.6) is 0 Å². The predicted molar refractivity (Wildman–Crippen MR) is 298 cm³/mol. The summed E-state index contributed by atoms with van der Waals surface area (Å²) in [5.41, 5.74) is 16.6. The largest absolute Gasteiger partial charge is 0.294 e. The lowest BCUT2D eigenvalue weighted by Gasteiger charge is -2.47. The number of aromatic nitrogens is 6. The Morgan fingerprint density at radius 3 is 0.840 bits per heavy atom. The van der Waals surface area contributed by atoms with Gasteiger partial charge in [0.2, 0.25) is 0 Å². The zero-order valence-corrected chi connectivity index (χ0v) is 46.6. The molecule has 0 spiro atoms. The maximum atomic E-state index is 13.4. The first-order valence-corrected chi connectivity index (χ1v) is 27.6. The van der Waals surface area contributed by atoms with Gasteiger partial charge in [-0.3, -0.25) is 29.7 Å². The van der Waals surface area contributed by atoms with Crippen LogP contribution in [0.1, 0.15) is 172 Å². The Bertz CT molecular complexity index is 2920. The molecule has 0 aliphatic heterocycles. The minimum atomic E-state index is -0.398. The van der Waals surface area contributed by atoms with E-state index in [1.807, 2.05) is 36.8 Å². The SMILES string of the molecule is CC(C)C1(c2ccccc2)C2=C(Cc3[nH]ncc31)CC(C)(C)CC2=O.CC(C)[C@@]1(c2ccccc2)C2=C(Cc3[nH]ncc31)CC(C)(C)CC2=O.CC(C)[C@]1(c2ccccc2)C2=C(Cc3[nH]ncc31)CC(C)(C)CC2=O. The van der Waals surface area contributed by atoms with Crippen molar-refractivity contribution in [2.45, 2.75) is 157 Å². The quantitative estimate of drug-likeness (QED) is 0.152. The van der Waals surface area contributed by atoms with Gasteiger partial charge in [-0.05, 0) is 70.0 Å². The predicted octanol–water partition coefficient (Wildman–Crippen LogP) is 13.8. The summed E-state index contributed by atoms with van der Waals surface area (Å²) in [5.74, 6) is 1.74. The average molecular weight is 1000 g/mol. The highest BCUT2D eigenvalue weighted by Crippen LogP contribution is 2.58. The summed E-state index contributed by atoms with van der Waals surface area (Å²) in [6, 6.07) is 31.6. The number of H-pyrrole nitrogens is 3. The van der Waals surface area contributed by atoms with E-state index in [2.05, 4.69) is 186 Å². The third-order valence-corrected chi connectivity index (χ3v) is 18.0. The highest BCUT2D eigenvalue weighted by molar-refractivity contribution is 6.03. The first-order chi connectivity index (χ1) is 35.6. The summed E-state index contributed by atoms with van der Waals surface area (Å²) in [5, 5.41) is 22.7. The maximum Gasteiger partial charge on any atom is 0.160 e. The molecule has 0 saturated heterocycles. The summed E-state index contributed by atoms with van der Waals surface area (Å²) in [4.78, 5) is 40.1. The Kier molecular flexibility index (Phi) is 13.1. The van der Waals surface area contributed by atoms with Crippen molar-refractivity contribution in [3.63, 3.8) is 0 Å². The van der Waals surface area contributed by atoms with Gasteiger partial charge in [-0.1, -0.05) is 191 Å². The molecule has 6 aliphatic rings. The second-order valence-electron chi connectivity index (χ2n) is 26.1. The molecule has 0 bridgehead atoms. The van der Waals surface area contributed by atoms with Crippen molar-refractivity contribution < 1.29 is 14.4 Å². The van der Waals surface area contributed by atoms with E-state index in [9.17, 15) is 14.4 Å². The molecule has 3 heterocycles. The van der Waals surface area contributed by atoms with Crippen LogP contribution in [0.4, 0.5) is 0 Å². The maximum absolute atomic E-state index is 13.4. The molecule has 0 saturated carbocycles. The van der Waals surface area contributed by atoms with E-state index in [-0.39, 0.29) is 34.0 Å². The molecule has 0 amide bonds. The van der Waals surface area contributed by atoms with E-state index in [4.69, 9.17) is 0 Å². The molecule has 12 rings (SSSR count). The van der Waals surface area contributed by atoms with Gasteiger partial charge in [0.05, 0.1) is 34.8 Å². The van der Waals surface area contributed by atoms with E-state index < -0.39 is 16.2 Å². The Morgan fingerprint density at radius 1 is 0.373 bits per heavy atom. The molecule has 3 aromatic heterocycles. The van der Waals surface area contributed by atoms with Crippen molar-refractivity contribution in [2.24, 2.45) is 34.0 Å². The number of rotatable bonds is 6. The Balaban J connectivity index is 0.000000128. The van der Waals surface area contributed by atoms with E-state index in [1.165, 1.54) is 67.2 Å². The molecule has 390 valence electrons. The van der Waals surface area contributed by atoms with Crippen molar-refractivity contribution >= 4 is 17.3 Å². The van der Waals surface area contributed by atoms with Gasteiger partial charge in [0.15, 0.2) is 17.3 Å². The summed E-state index contributed by atoms with van der Waals surface area (Å²) in [7, 11) is 0. The highest BCUT2D eigenvalue weighted by atomic mass is 16.1. The number of benzene rings is 3. The van der Waals surface area contributed by atoms with Crippen molar-refractivity contribution in [2.75, 3.05) is 0 Å². The third-order valence-electron chi connectivity index (χ3n) is 18.0. The van der Waals surface area contributed by atoms with Gasteiger partial charge in [0.1, 0.15) is 0 Å². The number of hydrogen-bond acceptors (Lipinski definition) is 6. The first-order valence-electron chi connectivity index (χ1n) is 27.6. The fourth-order valence-electron chi connectivity index (χ4n) is 15.5. The number of fused-ring (bicyclic) bond motifs is 3. The topological polar surface area (TPSA) is 137 Å². The molecule has 75 heavy (non-hydrogen) atoms. The third kappa shape index (κ3) is 8.42. The molecule has 3 aromatic carbocycles. The van der Waals surface area contributed by atoms with Crippen LogP contribution in [0.15, 0.2) is 143 Å². The zero-order valence-electron chi connectivity index (χ0n) is 46.6. The number of nitrogens with one attached hydrogen (secondary N) is 3. The molecule has 3 atom stereocenters. The summed E-state index contributed by atoms with van der Waals surface area (Å²) >= 11 is 0. The van der Waals surface area contributed by atoms with E-state index >= 15 is 0 Å². The first kappa shape index (κ1) is 52.0.